The van der Waals surface area contributed by atoms with Gasteiger partial charge in [0.1, 0.15) is 0 Å². The summed E-state index contributed by atoms with van der Waals surface area (Å²) in [5, 5.41) is 2.71. The molecule has 1 amide bonds. The van der Waals surface area contributed by atoms with Crippen molar-refractivity contribution in [2.45, 2.75) is 26.2 Å². The highest BCUT2D eigenvalue weighted by Gasteiger charge is 2.13. The van der Waals surface area contributed by atoms with E-state index >= 15 is 0 Å². The highest BCUT2D eigenvalue weighted by molar-refractivity contribution is 5.94. The van der Waals surface area contributed by atoms with Gasteiger partial charge in [0.2, 0.25) is 0 Å². The Morgan fingerprint density at radius 2 is 1.69 bits per heavy atom. The van der Waals surface area contributed by atoms with Crippen LogP contribution >= 0.6 is 0 Å². The molecule has 154 valence electrons. The first-order valence-corrected chi connectivity index (χ1v) is 9.21. The number of benzene rings is 2. The Balaban J connectivity index is 1.89. The highest BCUT2D eigenvalue weighted by Crippen LogP contribution is 2.31. The molecule has 0 radical (unpaired) electrons. The van der Waals surface area contributed by atoms with Gasteiger partial charge in [0.25, 0.3) is 5.91 Å². The van der Waals surface area contributed by atoms with Crippen molar-refractivity contribution in [2.75, 3.05) is 26.1 Å². The van der Waals surface area contributed by atoms with Crippen LogP contribution in [0.25, 0.3) is 6.08 Å². The molecule has 0 saturated carbocycles. The van der Waals surface area contributed by atoms with Crippen molar-refractivity contribution in [3.05, 3.63) is 59.7 Å². The molecule has 0 fully saturated rings. The van der Waals surface area contributed by atoms with E-state index in [2.05, 4.69) is 26.1 Å². The van der Waals surface area contributed by atoms with Crippen molar-refractivity contribution in [3.8, 4) is 11.5 Å². The van der Waals surface area contributed by atoms with E-state index in [4.69, 9.17) is 14.2 Å². The van der Waals surface area contributed by atoms with Gasteiger partial charge in [-0.25, -0.2) is 4.79 Å². The number of carbonyl (C=O) groups is 2. The van der Waals surface area contributed by atoms with E-state index in [0.29, 0.717) is 22.7 Å². The quantitative estimate of drug-likeness (QED) is 0.560. The summed E-state index contributed by atoms with van der Waals surface area (Å²) in [6.07, 6.45) is 2.79. The van der Waals surface area contributed by atoms with E-state index in [1.54, 1.807) is 24.3 Å². The van der Waals surface area contributed by atoms with E-state index in [0.717, 1.165) is 0 Å². The second kappa shape index (κ2) is 9.78. The molecule has 2 aromatic carbocycles. The van der Waals surface area contributed by atoms with Gasteiger partial charge in [-0.2, -0.15) is 0 Å². The van der Waals surface area contributed by atoms with Crippen LogP contribution in [-0.2, 0) is 19.7 Å². The van der Waals surface area contributed by atoms with Gasteiger partial charge in [-0.1, -0.05) is 45.0 Å². The van der Waals surface area contributed by atoms with E-state index in [9.17, 15) is 9.59 Å². The topological polar surface area (TPSA) is 73.9 Å². The van der Waals surface area contributed by atoms with Crippen LogP contribution in [0.4, 0.5) is 5.69 Å². The Hall–Kier alpha value is -3.28. The normalized spacial score (nSPS) is 11.2. The first-order chi connectivity index (χ1) is 13.7. The monoisotopic (exact) mass is 397 g/mol. The molecule has 0 aromatic heterocycles. The Kier molecular flexibility index (Phi) is 7.42. The van der Waals surface area contributed by atoms with E-state index in [-0.39, 0.29) is 12.0 Å². The summed E-state index contributed by atoms with van der Waals surface area (Å²) in [6, 6.07) is 12.9. The molecule has 2 rings (SSSR count). The Morgan fingerprint density at radius 1 is 1.00 bits per heavy atom. The van der Waals surface area contributed by atoms with Gasteiger partial charge in [-0.15, -0.1) is 0 Å². The summed E-state index contributed by atoms with van der Waals surface area (Å²) in [6.45, 7) is 5.98. The number of anilines is 1. The van der Waals surface area contributed by atoms with E-state index in [1.807, 2.05) is 24.3 Å². The average Bonchev–Trinajstić information content (AvgIpc) is 2.69. The Labute approximate surface area is 171 Å². The first kappa shape index (κ1) is 22.0. The molecular weight excluding hydrogens is 370 g/mol. The lowest BCUT2D eigenvalue weighted by Gasteiger charge is -2.19. The predicted molar refractivity (Wildman–Crippen MR) is 113 cm³/mol. The van der Waals surface area contributed by atoms with Crippen molar-refractivity contribution in [3.63, 3.8) is 0 Å². The smallest absolute Gasteiger partial charge is 0.331 e. The average molecular weight is 397 g/mol. The summed E-state index contributed by atoms with van der Waals surface area (Å²) in [4.78, 5) is 23.9. The molecule has 2 aromatic rings. The summed E-state index contributed by atoms with van der Waals surface area (Å²) < 4.78 is 15.5. The number of hydrogen-bond donors (Lipinski definition) is 1. The molecule has 29 heavy (non-hydrogen) atoms. The van der Waals surface area contributed by atoms with Gasteiger partial charge in [0.15, 0.2) is 18.1 Å². The number of hydrogen-bond acceptors (Lipinski definition) is 5. The molecular formula is C23H27NO5. The minimum absolute atomic E-state index is 0.0376. The van der Waals surface area contributed by atoms with Crippen LogP contribution in [0.1, 0.15) is 31.9 Å². The lowest BCUT2D eigenvalue weighted by Crippen LogP contribution is -2.20. The zero-order valence-corrected chi connectivity index (χ0v) is 17.4. The predicted octanol–water partition coefficient (Wildman–Crippen LogP) is 4.20. The third kappa shape index (κ3) is 6.38. The third-order valence-corrected chi connectivity index (χ3v) is 4.21. The number of esters is 1. The lowest BCUT2D eigenvalue weighted by molar-refractivity contribution is -0.142. The maximum absolute atomic E-state index is 12.0. The highest BCUT2D eigenvalue weighted by atomic mass is 16.5. The standard InChI is InChI=1S/C23H27NO5/c1-23(2,3)17-10-12-18(13-11-17)24-20(25)15-29-21(26)14-9-16-7-6-8-19(27-4)22(16)28-5/h6-14H,15H2,1-5H3,(H,24,25)/b14-9+. The second-order valence-corrected chi connectivity index (χ2v) is 7.40. The van der Waals surface area contributed by atoms with Crippen molar-refractivity contribution >= 4 is 23.6 Å². The molecule has 0 heterocycles. The van der Waals surface area contributed by atoms with Crippen molar-refractivity contribution < 1.29 is 23.8 Å². The zero-order valence-electron chi connectivity index (χ0n) is 17.4. The number of para-hydroxylation sites is 1. The van der Waals surface area contributed by atoms with Gasteiger partial charge in [0, 0.05) is 17.3 Å². The molecule has 0 bridgehead atoms. The molecule has 0 spiro atoms. The molecule has 1 N–H and O–H groups in total. The van der Waals surface area contributed by atoms with Crippen LogP contribution in [0, 0.1) is 0 Å². The second-order valence-electron chi connectivity index (χ2n) is 7.40. The summed E-state index contributed by atoms with van der Waals surface area (Å²) in [5.74, 6) is 0.0256. The maximum Gasteiger partial charge on any atom is 0.331 e. The number of carbonyl (C=O) groups excluding carboxylic acids is 2. The van der Waals surface area contributed by atoms with Crippen LogP contribution in [-0.4, -0.2) is 32.7 Å². The SMILES string of the molecule is COc1cccc(/C=C/C(=O)OCC(=O)Nc2ccc(C(C)(C)C)cc2)c1OC. The van der Waals surface area contributed by atoms with Gasteiger partial charge >= 0.3 is 5.97 Å². The van der Waals surface area contributed by atoms with Crippen LogP contribution in [0.15, 0.2) is 48.5 Å². The molecule has 0 aliphatic heterocycles. The fourth-order valence-electron chi connectivity index (χ4n) is 2.64. The number of amides is 1. The van der Waals surface area contributed by atoms with Crippen molar-refractivity contribution in [2.24, 2.45) is 0 Å². The number of ether oxygens (including phenoxy) is 3. The summed E-state index contributed by atoms with van der Waals surface area (Å²) in [7, 11) is 3.06. The molecule has 0 aliphatic carbocycles. The van der Waals surface area contributed by atoms with Crippen LogP contribution in [0.5, 0.6) is 11.5 Å². The first-order valence-electron chi connectivity index (χ1n) is 9.21. The van der Waals surface area contributed by atoms with Crippen LogP contribution in [0.3, 0.4) is 0 Å². The lowest BCUT2D eigenvalue weighted by atomic mass is 9.87. The molecule has 0 saturated heterocycles. The molecule has 6 heteroatoms. The van der Waals surface area contributed by atoms with Gasteiger partial charge in [-0.3, -0.25) is 4.79 Å². The number of nitrogens with one attached hydrogen (secondary N) is 1. The van der Waals surface area contributed by atoms with E-state index < -0.39 is 11.9 Å². The molecule has 0 unspecified atom stereocenters. The zero-order chi connectivity index (χ0) is 21.4. The minimum atomic E-state index is -0.631. The fraction of sp³-hybridized carbons (Fsp3) is 0.304. The molecule has 0 atom stereocenters. The Morgan fingerprint density at radius 3 is 2.28 bits per heavy atom. The van der Waals surface area contributed by atoms with E-state index in [1.165, 1.54) is 25.9 Å². The van der Waals surface area contributed by atoms with Crippen molar-refractivity contribution in [1.82, 2.24) is 0 Å². The van der Waals surface area contributed by atoms with Gasteiger partial charge < -0.3 is 19.5 Å². The Bertz CT molecular complexity index is 879. The van der Waals surface area contributed by atoms with Gasteiger partial charge in [0.05, 0.1) is 14.2 Å². The number of rotatable bonds is 7. The molecule has 6 nitrogen and oxygen atoms in total. The largest absolute Gasteiger partial charge is 0.493 e. The minimum Gasteiger partial charge on any atom is -0.493 e. The maximum atomic E-state index is 12.0. The third-order valence-electron chi connectivity index (χ3n) is 4.21. The van der Waals surface area contributed by atoms with Crippen LogP contribution < -0.4 is 14.8 Å². The fourth-order valence-corrected chi connectivity index (χ4v) is 2.64. The summed E-state index contributed by atoms with van der Waals surface area (Å²) in [5.41, 5.74) is 2.51. The van der Waals surface area contributed by atoms with Crippen LogP contribution in [0.2, 0.25) is 0 Å². The summed E-state index contributed by atoms with van der Waals surface area (Å²) >= 11 is 0. The van der Waals surface area contributed by atoms with Crippen molar-refractivity contribution in [1.29, 1.82) is 0 Å². The number of methoxy groups -OCH3 is 2. The molecule has 0 aliphatic rings. The van der Waals surface area contributed by atoms with Gasteiger partial charge in [-0.05, 0) is 35.3 Å².